The molecule has 0 aliphatic heterocycles. The Morgan fingerprint density at radius 3 is 2.53 bits per heavy atom. The molecule has 0 fully saturated rings. The van der Waals surface area contributed by atoms with Crippen molar-refractivity contribution in [1.29, 1.82) is 0 Å². The molecule has 19 heavy (non-hydrogen) atoms. The summed E-state index contributed by atoms with van der Waals surface area (Å²) in [6.07, 6.45) is 0. The molecule has 3 heteroatoms. The van der Waals surface area contributed by atoms with E-state index < -0.39 is 0 Å². The van der Waals surface area contributed by atoms with Gasteiger partial charge in [-0.1, -0.05) is 36.7 Å². The number of halogens is 1. The highest BCUT2D eigenvalue weighted by atomic mass is 79.9. The molecule has 2 aromatic rings. The van der Waals surface area contributed by atoms with E-state index >= 15 is 0 Å². The molecule has 0 amide bonds. The summed E-state index contributed by atoms with van der Waals surface area (Å²) in [6.45, 7) is 11.8. The van der Waals surface area contributed by atoms with Crippen LogP contribution in [0.3, 0.4) is 0 Å². The minimum absolute atomic E-state index is 0.246. The fourth-order valence-corrected chi connectivity index (χ4v) is 3.04. The lowest BCUT2D eigenvalue weighted by Crippen LogP contribution is -2.17. The van der Waals surface area contributed by atoms with E-state index in [1.54, 1.807) is 0 Å². The highest BCUT2D eigenvalue weighted by Gasteiger charge is 2.19. The predicted molar refractivity (Wildman–Crippen MR) is 84.8 cm³/mol. The van der Waals surface area contributed by atoms with Gasteiger partial charge in [0.25, 0.3) is 0 Å². The summed E-state index contributed by atoms with van der Waals surface area (Å²) in [4.78, 5) is 0. The number of fused-ring (bicyclic) bond motifs is 1. The molecule has 0 spiro atoms. The van der Waals surface area contributed by atoms with Gasteiger partial charge in [-0.25, -0.2) is 0 Å². The zero-order chi connectivity index (χ0) is 14.2. The zero-order valence-electron chi connectivity index (χ0n) is 12.3. The van der Waals surface area contributed by atoms with Crippen molar-refractivity contribution in [1.82, 2.24) is 5.32 Å². The minimum Gasteiger partial charge on any atom is -0.459 e. The maximum absolute atomic E-state index is 6.18. The molecule has 1 N–H and O–H groups in total. The Morgan fingerprint density at radius 1 is 1.26 bits per heavy atom. The van der Waals surface area contributed by atoms with E-state index in [4.69, 9.17) is 4.42 Å². The van der Waals surface area contributed by atoms with Gasteiger partial charge in [-0.2, -0.15) is 0 Å². The Kier molecular flexibility index (Phi) is 4.36. The van der Waals surface area contributed by atoms with Crippen LogP contribution in [0.4, 0.5) is 0 Å². The SMILES string of the molecule is CCNC(C)c1oc2c(C(C)C)cc(Br)cc2c1C. The Morgan fingerprint density at radius 2 is 1.95 bits per heavy atom. The van der Waals surface area contributed by atoms with Gasteiger partial charge in [-0.05, 0) is 44.0 Å². The molecule has 0 saturated heterocycles. The van der Waals surface area contributed by atoms with Crippen molar-refractivity contribution in [2.75, 3.05) is 6.54 Å². The summed E-state index contributed by atoms with van der Waals surface area (Å²) < 4.78 is 7.30. The number of benzene rings is 1. The van der Waals surface area contributed by atoms with Gasteiger partial charge in [0, 0.05) is 15.4 Å². The quantitative estimate of drug-likeness (QED) is 0.826. The summed E-state index contributed by atoms with van der Waals surface area (Å²) in [5, 5.41) is 4.64. The molecule has 0 bridgehead atoms. The molecule has 1 unspecified atom stereocenters. The first kappa shape index (κ1) is 14.6. The predicted octanol–water partition coefficient (Wildman–Crippen LogP) is 5.30. The highest BCUT2D eigenvalue weighted by molar-refractivity contribution is 9.10. The number of rotatable bonds is 4. The monoisotopic (exact) mass is 323 g/mol. The van der Waals surface area contributed by atoms with Gasteiger partial charge in [0.2, 0.25) is 0 Å². The summed E-state index contributed by atoms with van der Waals surface area (Å²) in [5.74, 6) is 1.50. The second-order valence-corrected chi connectivity index (χ2v) is 6.31. The third kappa shape index (κ3) is 2.72. The molecule has 1 heterocycles. The molecular formula is C16H22BrNO. The third-order valence-corrected chi connectivity index (χ3v) is 4.05. The number of nitrogens with one attached hydrogen (secondary N) is 1. The van der Waals surface area contributed by atoms with Crippen molar-refractivity contribution in [2.45, 2.75) is 46.6 Å². The highest BCUT2D eigenvalue weighted by Crippen LogP contribution is 2.36. The molecule has 0 radical (unpaired) electrons. The van der Waals surface area contributed by atoms with Crippen LogP contribution < -0.4 is 5.32 Å². The molecule has 2 rings (SSSR count). The molecule has 1 atom stereocenters. The molecule has 0 saturated carbocycles. The molecule has 104 valence electrons. The minimum atomic E-state index is 0.246. The average molecular weight is 324 g/mol. The van der Waals surface area contributed by atoms with Crippen LogP contribution >= 0.6 is 15.9 Å². The maximum Gasteiger partial charge on any atom is 0.138 e. The van der Waals surface area contributed by atoms with Gasteiger partial charge < -0.3 is 9.73 Å². The summed E-state index contributed by atoms with van der Waals surface area (Å²) >= 11 is 3.61. The van der Waals surface area contributed by atoms with Crippen LogP contribution in [0, 0.1) is 6.92 Å². The van der Waals surface area contributed by atoms with Gasteiger partial charge >= 0.3 is 0 Å². The lowest BCUT2D eigenvalue weighted by atomic mass is 9.99. The van der Waals surface area contributed by atoms with Crippen LogP contribution in [0.15, 0.2) is 21.0 Å². The second kappa shape index (κ2) is 5.68. The van der Waals surface area contributed by atoms with Gasteiger partial charge in [0.05, 0.1) is 6.04 Å². The van der Waals surface area contributed by atoms with Crippen LogP contribution in [0.5, 0.6) is 0 Å². The molecule has 1 aromatic heterocycles. The van der Waals surface area contributed by atoms with Crippen molar-refractivity contribution < 1.29 is 4.42 Å². The van der Waals surface area contributed by atoms with Crippen molar-refractivity contribution >= 4 is 26.9 Å². The van der Waals surface area contributed by atoms with E-state index in [1.165, 1.54) is 16.5 Å². The van der Waals surface area contributed by atoms with Crippen LogP contribution in [-0.2, 0) is 0 Å². The van der Waals surface area contributed by atoms with Crippen LogP contribution in [0.25, 0.3) is 11.0 Å². The Bertz CT molecular complexity index is 586. The standard InChI is InChI=1S/C16H22BrNO/c1-6-18-11(5)15-10(4)14-8-12(17)7-13(9(2)3)16(14)19-15/h7-9,11,18H,6H2,1-5H3. The topological polar surface area (TPSA) is 25.2 Å². The van der Waals surface area contributed by atoms with E-state index in [-0.39, 0.29) is 6.04 Å². The second-order valence-electron chi connectivity index (χ2n) is 5.40. The fourth-order valence-electron chi connectivity index (χ4n) is 2.57. The molecule has 2 nitrogen and oxygen atoms in total. The Hall–Kier alpha value is -0.800. The smallest absolute Gasteiger partial charge is 0.138 e. The van der Waals surface area contributed by atoms with E-state index in [1.807, 2.05) is 0 Å². The summed E-state index contributed by atoms with van der Waals surface area (Å²) in [6, 6.07) is 4.57. The van der Waals surface area contributed by atoms with Crippen molar-refractivity contribution in [3.05, 3.63) is 33.5 Å². The maximum atomic E-state index is 6.18. The number of hydrogen-bond donors (Lipinski definition) is 1. The molecule has 0 aliphatic rings. The van der Waals surface area contributed by atoms with E-state index in [2.05, 4.69) is 68.0 Å². The summed E-state index contributed by atoms with van der Waals surface area (Å²) in [7, 11) is 0. The lowest BCUT2D eigenvalue weighted by Gasteiger charge is -2.10. The average Bonchev–Trinajstić information content (AvgIpc) is 2.66. The normalized spacial score (nSPS) is 13.4. The fraction of sp³-hybridized carbons (Fsp3) is 0.500. The van der Waals surface area contributed by atoms with E-state index in [0.717, 1.165) is 22.4 Å². The number of aryl methyl sites for hydroxylation is 1. The zero-order valence-corrected chi connectivity index (χ0v) is 13.9. The van der Waals surface area contributed by atoms with E-state index in [9.17, 15) is 0 Å². The lowest BCUT2D eigenvalue weighted by molar-refractivity contribution is 0.454. The largest absolute Gasteiger partial charge is 0.459 e. The Labute approximate surface area is 123 Å². The first-order chi connectivity index (χ1) is 8.95. The van der Waals surface area contributed by atoms with Gasteiger partial charge in [-0.3, -0.25) is 0 Å². The van der Waals surface area contributed by atoms with Crippen LogP contribution in [-0.4, -0.2) is 6.54 Å². The third-order valence-electron chi connectivity index (χ3n) is 3.59. The number of hydrogen-bond acceptors (Lipinski definition) is 2. The molecule has 1 aromatic carbocycles. The van der Waals surface area contributed by atoms with Crippen molar-refractivity contribution in [3.63, 3.8) is 0 Å². The summed E-state index contributed by atoms with van der Waals surface area (Å²) in [5.41, 5.74) is 3.55. The van der Waals surface area contributed by atoms with Gasteiger partial charge in [0.1, 0.15) is 11.3 Å². The van der Waals surface area contributed by atoms with Crippen molar-refractivity contribution in [3.8, 4) is 0 Å². The van der Waals surface area contributed by atoms with Crippen LogP contribution in [0.1, 0.15) is 56.5 Å². The number of furan rings is 1. The first-order valence-electron chi connectivity index (χ1n) is 6.91. The van der Waals surface area contributed by atoms with Gasteiger partial charge in [0.15, 0.2) is 0 Å². The van der Waals surface area contributed by atoms with E-state index in [0.29, 0.717) is 5.92 Å². The van der Waals surface area contributed by atoms with Crippen LogP contribution in [0.2, 0.25) is 0 Å². The first-order valence-corrected chi connectivity index (χ1v) is 7.70. The Balaban J connectivity index is 2.65. The van der Waals surface area contributed by atoms with Gasteiger partial charge in [-0.15, -0.1) is 0 Å². The molecule has 0 aliphatic carbocycles. The molecular weight excluding hydrogens is 302 g/mol. The van der Waals surface area contributed by atoms with Crippen molar-refractivity contribution in [2.24, 2.45) is 0 Å².